The highest BCUT2D eigenvalue weighted by Gasteiger charge is 2.38. The minimum absolute atomic E-state index is 0.0360. The summed E-state index contributed by atoms with van der Waals surface area (Å²) in [6.07, 6.45) is -0.661. The number of carbonyl (C=O) groups excluding carboxylic acids is 5. The van der Waals surface area contributed by atoms with E-state index >= 15 is 0 Å². The first kappa shape index (κ1) is 26.5. The van der Waals surface area contributed by atoms with Crippen LogP contribution in [0.2, 0.25) is 0 Å². The van der Waals surface area contributed by atoms with Crippen molar-refractivity contribution in [2.45, 2.75) is 45.7 Å². The van der Waals surface area contributed by atoms with Crippen LogP contribution in [-0.2, 0) is 39.9 Å². The SMILES string of the molecule is CCOC(=O)C[C@H](C(=O)OCC)[C@H](NC(=O)[C@H](Cc1cccc(F)c1)NC(C)=O)C(N)=O. The van der Waals surface area contributed by atoms with Crippen molar-refractivity contribution in [2.75, 3.05) is 13.2 Å². The molecule has 10 nitrogen and oxygen atoms in total. The highest BCUT2D eigenvalue weighted by molar-refractivity contribution is 5.95. The lowest BCUT2D eigenvalue weighted by Crippen LogP contribution is -2.57. The minimum Gasteiger partial charge on any atom is -0.466 e. The van der Waals surface area contributed by atoms with Crippen LogP contribution in [0.3, 0.4) is 0 Å². The number of ether oxygens (including phenoxy) is 2. The van der Waals surface area contributed by atoms with Crippen LogP contribution in [0, 0.1) is 11.7 Å². The second kappa shape index (κ2) is 13.0. The zero-order chi connectivity index (χ0) is 24.3. The van der Waals surface area contributed by atoms with Crippen LogP contribution < -0.4 is 16.4 Å². The van der Waals surface area contributed by atoms with E-state index in [2.05, 4.69) is 10.6 Å². The standard InChI is InChI=1S/C21H28FN3O7/c1-4-31-17(27)11-15(21(30)32-5-2)18(19(23)28)25-20(29)16(24-12(3)26)10-13-7-6-8-14(22)9-13/h6-9,15-16,18H,4-5,10-11H2,1-3H3,(H2,23,28)(H,24,26)(H,25,29)/t15-,16-,18-/m0/s1. The van der Waals surface area contributed by atoms with Crippen LogP contribution >= 0.6 is 0 Å². The predicted molar refractivity (Wildman–Crippen MR) is 110 cm³/mol. The van der Waals surface area contributed by atoms with Crippen molar-refractivity contribution in [2.24, 2.45) is 11.7 Å². The molecule has 0 radical (unpaired) electrons. The number of carbonyl (C=O) groups is 5. The molecule has 0 heterocycles. The lowest BCUT2D eigenvalue weighted by molar-refractivity contribution is -0.157. The first-order chi connectivity index (χ1) is 15.1. The number of esters is 2. The summed E-state index contributed by atoms with van der Waals surface area (Å²) in [6.45, 7) is 4.28. The number of hydrogen-bond acceptors (Lipinski definition) is 7. The maximum atomic E-state index is 13.5. The first-order valence-corrected chi connectivity index (χ1v) is 10.0. The topological polar surface area (TPSA) is 154 Å². The van der Waals surface area contributed by atoms with Crippen molar-refractivity contribution in [3.05, 3.63) is 35.6 Å². The monoisotopic (exact) mass is 453 g/mol. The van der Waals surface area contributed by atoms with E-state index in [-0.39, 0.29) is 19.6 Å². The van der Waals surface area contributed by atoms with E-state index in [0.29, 0.717) is 5.56 Å². The van der Waals surface area contributed by atoms with Gasteiger partial charge < -0.3 is 25.8 Å². The Kier molecular flexibility index (Phi) is 10.8. The van der Waals surface area contributed by atoms with Crippen molar-refractivity contribution in [1.82, 2.24) is 10.6 Å². The molecule has 0 spiro atoms. The fourth-order valence-electron chi connectivity index (χ4n) is 2.96. The van der Waals surface area contributed by atoms with E-state index in [1.807, 2.05) is 0 Å². The zero-order valence-corrected chi connectivity index (χ0v) is 18.2. The Labute approximate surface area is 185 Å². The van der Waals surface area contributed by atoms with Gasteiger partial charge in [0, 0.05) is 13.3 Å². The average molecular weight is 453 g/mol. The van der Waals surface area contributed by atoms with Gasteiger partial charge in [-0.1, -0.05) is 12.1 Å². The molecule has 0 aromatic heterocycles. The van der Waals surface area contributed by atoms with Crippen LogP contribution in [-0.4, -0.2) is 55.0 Å². The van der Waals surface area contributed by atoms with Crippen LogP contribution in [0.1, 0.15) is 32.8 Å². The van der Waals surface area contributed by atoms with Crippen LogP contribution in [0.4, 0.5) is 4.39 Å². The Morgan fingerprint density at radius 1 is 1.06 bits per heavy atom. The molecule has 0 saturated heterocycles. The van der Waals surface area contributed by atoms with E-state index in [1.165, 1.54) is 32.0 Å². The number of hydrogen-bond donors (Lipinski definition) is 3. The number of primary amides is 1. The highest BCUT2D eigenvalue weighted by Crippen LogP contribution is 2.15. The molecule has 0 unspecified atom stereocenters. The summed E-state index contributed by atoms with van der Waals surface area (Å²) in [5.41, 5.74) is 5.80. The Balaban J connectivity index is 3.14. The highest BCUT2D eigenvalue weighted by atomic mass is 19.1. The van der Waals surface area contributed by atoms with E-state index in [9.17, 15) is 28.4 Å². The normalized spacial score (nSPS) is 13.2. The summed E-state index contributed by atoms with van der Waals surface area (Å²) >= 11 is 0. The average Bonchev–Trinajstić information content (AvgIpc) is 2.69. The second-order valence-corrected chi connectivity index (χ2v) is 6.84. The molecular weight excluding hydrogens is 425 g/mol. The molecule has 32 heavy (non-hydrogen) atoms. The summed E-state index contributed by atoms with van der Waals surface area (Å²) in [4.78, 5) is 60.9. The van der Waals surface area contributed by atoms with E-state index in [1.54, 1.807) is 13.0 Å². The molecule has 1 aromatic rings. The molecule has 0 fully saturated rings. The minimum atomic E-state index is -1.62. The predicted octanol–water partition coefficient (Wildman–Crippen LogP) is -0.0245. The number of nitrogens with two attached hydrogens (primary N) is 1. The molecule has 3 atom stereocenters. The van der Waals surface area contributed by atoms with Gasteiger partial charge in [-0.2, -0.15) is 0 Å². The number of benzene rings is 1. The van der Waals surface area contributed by atoms with Gasteiger partial charge in [-0.25, -0.2) is 4.39 Å². The van der Waals surface area contributed by atoms with Gasteiger partial charge >= 0.3 is 11.9 Å². The molecule has 1 rings (SSSR count). The molecule has 4 N–H and O–H groups in total. The molecule has 11 heteroatoms. The third kappa shape index (κ3) is 8.70. The van der Waals surface area contributed by atoms with Crippen molar-refractivity contribution >= 4 is 29.7 Å². The van der Waals surface area contributed by atoms with Crippen molar-refractivity contribution in [1.29, 1.82) is 0 Å². The largest absolute Gasteiger partial charge is 0.466 e. The van der Waals surface area contributed by atoms with Crippen molar-refractivity contribution in [3.63, 3.8) is 0 Å². The van der Waals surface area contributed by atoms with Gasteiger partial charge in [0.05, 0.1) is 25.6 Å². The number of amides is 3. The summed E-state index contributed by atoms with van der Waals surface area (Å²) in [7, 11) is 0. The fraction of sp³-hybridized carbons (Fsp3) is 0.476. The Morgan fingerprint density at radius 2 is 1.72 bits per heavy atom. The third-order valence-electron chi connectivity index (χ3n) is 4.31. The molecule has 0 aliphatic carbocycles. The zero-order valence-electron chi connectivity index (χ0n) is 18.2. The van der Waals surface area contributed by atoms with Gasteiger partial charge in [-0.15, -0.1) is 0 Å². The van der Waals surface area contributed by atoms with Gasteiger partial charge in [0.1, 0.15) is 17.9 Å². The van der Waals surface area contributed by atoms with Gasteiger partial charge in [0.15, 0.2) is 0 Å². The summed E-state index contributed by atoms with van der Waals surface area (Å²) in [5, 5.41) is 4.73. The second-order valence-electron chi connectivity index (χ2n) is 6.84. The number of halogens is 1. The van der Waals surface area contributed by atoms with Gasteiger partial charge in [-0.05, 0) is 31.5 Å². The molecule has 3 amide bonds. The fourth-order valence-corrected chi connectivity index (χ4v) is 2.96. The summed E-state index contributed by atoms with van der Waals surface area (Å²) in [5.74, 6) is -6.18. The van der Waals surface area contributed by atoms with Crippen molar-refractivity contribution < 1.29 is 37.8 Å². The van der Waals surface area contributed by atoms with Gasteiger partial charge in [0.25, 0.3) is 0 Å². The lowest BCUT2D eigenvalue weighted by Gasteiger charge is -2.26. The summed E-state index contributed by atoms with van der Waals surface area (Å²) < 4.78 is 23.2. The van der Waals surface area contributed by atoms with Gasteiger partial charge in [0.2, 0.25) is 17.7 Å². The quantitative estimate of drug-likeness (QED) is 0.376. The molecule has 0 aliphatic rings. The third-order valence-corrected chi connectivity index (χ3v) is 4.31. The van der Waals surface area contributed by atoms with E-state index < -0.39 is 59.9 Å². The summed E-state index contributed by atoms with van der Waals surface area (Å²) in [6, 6.07) is 2.58. The molecule has 0 aliphatic heterocycles. The Morgan fingerprint density at radius 3 is 2.25 bits per heavy atom. The molecule has 0 saturated carbocycles. The van der Waals surface area contributed by atoms with Crippen LogP contribution in [0.15, 0.2) is 24.3 Å². The maximum Gasteiger partial charge on any atom is 0.312 e. The Hall–Kier alpha value is -3.50. The molecular formula is C21H28FN3O7. The van der Waals surface area contributed by atoms with E-state index in [4.69, 9.17) is 15.2 Å². The van der Waals surface area contributed by atoms with Crippen molar-refractivity contribution in [3.8, 4) is 0 Å². The van der Waals surface area contributed by atoms with Crippen LogP contribution in [0.25, 0.3) is 0 Å². The van der Waals surface area contributed by atoms with Crippen LogP contribution in [0.5, 0.6) is 0 Å². The van der Waals surface area contributed by atoms with E-state index in [0.717, 1.165) is 0 Å². The van der Waals surface area contributed by atoms with Gasteiger partial charge in [-0.3, -0.25) is 24.0 Å². The smallest absolute Gasteiger partial charge is 0.312 e. The molecule has 0 bridgehead atoms. The lowest BCUT2D eigenvalue weighted by atomic mass is 9.94. The first-order valence-electron chi connectivity index (χ1n) is 10.0. The molecule has 1 aromatic carbocycles. The Bertz CT molecular complexity index is 846. The number of rotatable bonds is 12. The maximum absolute atomic E-state index is 13.5. The molecule has 176 valence electrons. The number of nitrogens with one attached hydrogen (secondary N) is 2.